The molecule has 0 aliphatic rings. The van der Waals surface area contributed by atoms with Crippen LogP contribution in [0.5, 0.6) is 0 Å². The monoisotopic (exact) mass is 500 g/mol. The molecule has 3 rings (SSSR count). The van der Waals surface area contributed by atoms with Crippen molar-refractivity contribution < 1.29 is 14.0 Å². The van der Waals surface area contributed by atoms with E-state index in [2.05, 4.69) is 5.32 Å². The highest BCUT2D eigenvalue weighted by atomic mass is 35.5. The fourth-order valence-electron chi connectivity index (χ4n) is 3.66. The summed E-state index contributed by atoms with van der Waals surface area (Å²) in [5.74, 6) is -1.20. The van der Waals surface area contributed by atoms with Gasteiger partial charge in [-0.05, 0) is 41.8 Å². The molecule has 0 saturated carbocycles. The summed E-state index contributed by atoms with van der Waals surface area (Å²) in [6.45, 7) is 2.62. The minimum atomic E-state index is -0.789. The summed E-state index contributed by atoms with van der Waals surface area (Å²) >= 11 is 12.2. The third-order valence-electron chi connectivity index (χ3n) is 5.48. The zero-order chi connectivity index (χ0) is 24.5. The van der Waals surface area contributed by atoms with Crippen LogP contribution in [0.1, 0.15) is 30.0 Å². The normalized spacial score (nSPS) is 11.6. The van der Waals surface area contributed by atoms with Gasteiger partial charge in [0.1, 0.15) is 11.9 Å². The van der Waals surface area contributed by atoms with Crippen molar-refractivity contribution >= 4 is 35.0 Å². The molecule has 7 heteroatoms. The Balaban J connectivity index is 1.98. The summed E-state index contributed by atoms with van der Waals surface area (Å²) in [4.78, 5) is 28.4. The second-order valence-electron chi connectivity index (χ2n) is 8.02. The smallest absolute Gasteiger partial charge is 0.243 e. The highest BCUT2D eigenvalue weighted by Gasteiger charge is 2.31. The van der Waals surface area contributed by atoms with Crippen LogP contribution < -0.4 is 5.32 Å². The quantitative estimate of drug-likeness (QED) is 0.380. The molecule has 3 aromatic carbocycles. The van der Waals surface area contributed by atoms with Crippen LogP contribution in [0, 0.1) is 5.82 Å². The molecule has 0 spiro atoms. The molecular weight excluding hydrogens is 474 g/mol. The van der Waals surface area contributed by atoms with Gasteiger partial charge in [0.05, 0.1) is 6.42 Å². The van der Waals surface area contributed by atoms with Crippen molar-refractivity contribution in [1.29, 1.82) is 0 Å². The van der Waals surface area contributed by atoms with E-state index in [-0.39, 0.29) is 29.5 Å². The first kappa shape index (κ1) is 25.7. The van der Waals surface area contributed by atoms with Crippen LogP contribution in [0.3, 0.4) is 0 Å². The number of carbonyl (C=O) groups excluding carboxylic acids is 2. The molecule has 3 aromatic rings. The molecule has 0 aromatic heterocycles. The van der Waals surface area contributed by atoms with E-state index in [1.54, 1.807) is 18.2 Å². The maximum Gasteiger partial charge on any atom is 0.243 e. The molecule has 1 atom stereocenters. The highest BCUT2D eigenvalue weighted by molar-refractivity contribution is 6.31. The first-order chi connectivity index (χ1) is 16.4. The average molecular weight is 501 g/mol. The number of amides is 2. The standard InChI is InChI=1S/C27H27Cl2FN2O2/c1-2-15-31-27(34)25(16-19-7-4-3-5-8-19)32(18-20-11-13-21(28)14-12-20)26(33)17-22-23(29)9-6-10-24(22)30/h3-14,25H,2,15-18H2,1H3,(H,31,34)/t25-/m1/s1. The van der Waals surface area contributed by atoms with E-state index < -0.39 is 17.8 Å². The third kappa shape index (κ3) is 7.05. The molecule has 0 bridgehead atoms. The van der Waals surface area contributed by atoms with E-state index in [9.17, 15) is 14.0 Å². The predicted molar refractivity (Wildman–Crippen MR) is 134 cm³/mol. The van der Waals surface area contributed by atoms with Gasteiger partial charge in [0.2, 0.25) is 11.8 Å². The van der Waals surface area contributed by atoms with Crippen LogP contribution in [0.15, 0.2) is 72.8 Å². The summed E-state index contributed by atoms with van der Waals surface area (Å²) in [6.07, 6.45) is 0.825. The van der Waals surface area contributed by atoms with Crippen molar-refractivity contribution in [3.63, 3.8) is 0 Å². The molecule has 0 heterocycles. The maximum atomic E-state index is 14.5. The third-order valence-corrected chi connectivity index (χ3v) is 6.08. The number of benzene rings is 3. The molecule has 0 fully saturated rings. The van der Waals surface area contributed by atoms with Gasteiger partial charge in [-0.25, -0.2) is 4.39 Å². The van der Waals surface area contributed by atoms with Crippen molar-refractivity contribution in [2.24, 2.45) is 0 Å². The summed E-state index contributed by atoms with van der Waals surface area (Å²) in [5, 5.41) is 3.66. The SMILES string of the molecule is CCCNC(=O)[C@@H](Cc1ccccc1)N(Cc1ccc(Cl)cc1)C(=O)Cc1c(F)cccc1Cl. The maximum absolute atomic E-state index is 14.5. The van der Waals surface area contributed by atoms with Gasteiger partial charge in [0, 0.05) is 35.1 Å². The summed E-state index contributed by atoms with van der Waals surface area (Å²) in [6, 6.07) is 20.1. The summed E-state index contributed by atoms with van der Waals surface area (Å²) in [7, 11) is 0. The van der Waals surface area contributed by atoms with E-state index in [1.807, 2.05) is 49.4 Å². The number of nitrogens with one attached hydrogen (secondary N) is 1. The number of hydrogen-bond acceptors (Lipinski definition) is 2. The lowest BCUT2D eigenvalue weighted by Gasteiger charge is -2.32. The lowest BCUT2D eigenvalue weighted by molar-refractivity contribution is -0.140. The van der Waals surface area contributed by atoms with Crippen LogP contribution >= 0.6 is 23.2 Å². The first-order valence-corrected chi connectivity index (χ1v) is 11.9. The molecule has 0 saturated heterocycles. The topological polar surface area (TPSA) is 49.4 Å². The Labute approximate surface area is 209 Å². The van der Waals surface area contributed by atoms with Gasteiger partial charge in [-0.15, -0.1) is 0 Å². The molecule has 0 aliphatic carbocycles. The minimum absolute atomic E-state index is 0.114. The number of rotatable bonds is 10. The Morgan fingerprint density at radius 2 is 1.65 bits per heavy atom. The molecule has 1 N–H and O–H groups in total. The Bertz CT molecular complexity index is 1090. The van der Waals surface area contributed by atoms with Gasteiger partial charge in [0.25, 0.3) is 0 Å². The second kappa shape index (κ2) is 12.5. The van der Waals surface area contributed by atoms with Crippen molar-refractivity contribution in [3.8, 4) is 0 Å². The van der Waals surface area contributed by atoms with Gasteiger partial charge in [-0.1, -0.05) is 78.7 Å². The van der Waals surface area contributed by atoms with Crippen LogP contribution in [-0.2, 0) is 29.0 Å². The Hall–Kier alpha value is -2.89. The van der Waals surface area contributed by atoms with Gasteiger partial charge in [-0.3, -0.25) is 9.59 Å². The predicted octanol–water partition coefficient (Wildman–Crippen LogP) is 5.84. The minimum Gasteiger partial charge on any atom is -0.354 e. The summed E-state index contributed by atoms with van der Waals surface area (Å²) < 4.78 is 14.5. The Morgan fingerprint density at radius 3 is 2.29 bits per heavy atom. The van der Waals surface area contributed by atoms with E-state index in [4.69, 9.17) is 23.2 Å². The average Bonchev–Trinajstić information content (AvgIpc) is 2.84. The van der Waals surface area contributed by atoms with Gasteiger partial charge in [-0.2, -0.15) is 0 Å². The molecular formula is C27H27Cl2FN2O2. The fraction of sp³-hybridized carbons (Fsp3) is 0.259. The van der Waals surface area contributed by atoms with Crippen molar-refractivity contribution in [1.82, 2.24) is 10.2 Å². The Morgan fingerprint density at radius 1 is 0.941 bits per heavy atom. The van der Waals surface area contributed by atoms with E-state index in [0.29, 0.717) is 18.0 Å². The van der Waals surface area contributed by atoms with Crippen molar-refractivity contribution in [3.05, 3.63) is 105 Å². The molecule has 178 valence electrons. The van der Waals surface area contributed by atoms with Crippen LogP contribution in [0.25, 0.3) is 0 Å². The highest BCUT2D eigenvalue weighted by Crippen LogP contribution is 2.23. The molecule has 34 heavy (non-hydrogen) atoms. The number of halogens is 3. The van der Waals surface area contributed by atoms with Gasteiger partial charge in [0.15, 0.2) is 0 Å². The molecule has 0 aliphatic heterocycles. The number of hydrogen-bond donors (Lipinski definition) is 1. The van der Waals surface area contributed by atoms with Gasteiger partial charge >= 0.3 is 0 Å². The van der Waals surface area contributed by atoms with Crippen LogP contribution in [0.4, 0.5) is 4.39 Å². The van der Waals surface area contributed by atoms with Crippen molar-refractivity contribution in [2.45, 2.75) is 38.8 Å². The fourth-order valence-corrected chi connectivity index (χ4v) is 4.02. The molecule has 0 radical (unpaired) electrons. The first-order valence-electron chi connectivity index (χ1n) is 11.2. The largest absolute Gasteiger partial charge is 0.354 e. The zero-order valence-corrected chi connectivity index (χ0v) is 20.5. The lowest BCUT2D eigenvalue weighted by atomic mass is 10.0. The molecule has 4 nitrogen and oxygen atoms in total. The van der Waals surface area contributed by atoms with E-state index in [0.717, 1.165) is 17.5 Å². The zero-order valence-electron chi connectivity index (χ0n) is 18.9. The van der Waals surface area contributed by atoms with Crippen molar-refractivity contribution in [2.75, 3.05) is 6.54 Å². The lowest BCUT2D eigenvalue weighted by Crippen LogP contribution is -2.51. The van der Waals surface area contributed by atoms with Gasteiger partial charge < -0.3 is 10.2 Å². The number of nitrogens with zero attached hydrogens (tertiary/aromatic N) is 1. The van der Waals surface area contributed by atoms with Crippen LogP contribution in [-0.4, -0.2) is 29.3 Å². The van der Waals surface area contributed by atoms with E-state index >= 15 is 0 Å². The Kier molecular flexibility index (Phi) is 9.49. The number of carbonyl (C=O) groups is 2. The van der Waals surface area contributed by atoms with E-state index in [1.165, 1.54) is 17.0 Å². The second-order valence-corrected chi connectivity index (χ2v) is 8.87. The summed E-state index contributed by atoms with van der Waals surface area (Å²) in [5.41, 5.74) is 1.83. The van der Waals surface area contributed by atoms with Crippen LogP contribution in [0.2, 0.25) is 10.0 Å². The molecule has 0 unspecified atom stereocenters. The molecule has 2 amide bonds.